The first-order valence-corrected chi connectivity index (χ1v) is 6.57. The number of benzene rings is 1. The molecule has 0 aliphatic carbocycles. The van der Waals surface area contributed by atoms with Gasteiger partial charge in [-0.05, 0) is 23.2 Å². The summed E-state index contributed by atoms with van der Waals surface area (Å²) in [4.78, 5) is 15.5. The van der Waals surface area contributed by atoms with Crippen LogP contribution in [0, 0.1) is 0 Å². The number of alkyl halides is 1. The number of hydrogen-bond acceptors (Lipinski definition) is 3. The molecule has 1 unspecified atom stereocenters. The molecule has 1 aromatic carbocycles. The zero-order chi connectivity index (χ0) is 11.5. The molecule has 0 saturated carbocycles. The van der Waals surface area contributed by atoms with Gasteiger partial charge in [-0.25, -0.2) is 0 Å². The van der Waals surface area contributed by atoms with Gasteiger partial charge in [0.05, 0.1) is 11.4 Å². The number of carbonyl (C=O) groups is 1. The van der Waals surface area contributed by atoms with Crippen molar-refractivity contribution in [2.24, 2.45) is 5.11 Å². The Morgan fingerprint density at radius 2 is 2.44 bits per heavy atom. The van der Waals surface area contributed by atoms with Crippen molar-refractivity contribution < 1.29 is 4.79 Å². The van der Waals surface area contributed by atoms with E-state index in [-0.39, 0.29) is 17.2 Å². The molecule has 0 N–H and O–H groups in total. The van der Waals surface area contributed by atoms with Gasteiger partial charge in [0.1, 0.15) is 0 Å². The van der Waals surface area contributed by atoms with Crippen molar-refractivity contribution in [3.63, 3.8) is 0 Å². The maximum absolute atomic E-state index is 11.9. The molecule has 4 nitrogen and oxygen atoms in total. The lowest BCUT2D eigenvalue weighted by Crippen LogP contribution is -2.21. The van der Waals surface area contributed by atoms with Gasteiger partial charge in [0.15, 0.2) is 5.78 Å². The Morgan fingerprint density at radius 1 is 1.62 bits per heavy atom. The van der Waals surface area contributed by atoms with Crippen molar-refractivity contribution in [1.82, 2.24) is 0 Å². The summed E-state index contributed by atoms with van der Waals surface area (Å²) >= 11 is 5.01. The zero-order valence-corrected chi connectivity index (χ0v) is 10.7. The summed E-state index contributed by atoms with van der Waals surface area (Å²) in [6, 6.07) is 5.62. The summed E-state index contributed by atoms with van der Waals surface area (Å²) in [7, 11) is 0. The van der Waals surface area contributed by atoms with Gasteiger partial charge in [-0.15, -0.1) is 11.8 Å². The monoisotopic (exact) mass is 297 g/mol. The van der Waals surface area contributed by atoms with E-state index >= 15 is 0 Å². The van der Waals surface area contributed by atoms with Crippen LogP contribution in [0.25, 0.3) is 10.4 Å². The minimum absolute atomic E-state index is 0.108. The van der Waals surface area contributed by atoms with Gasteiger partial charge in [-0.2, -0.15) is 0 Å². The predicted molar refractivity (Wildman–Crippen MR) is 67.1 cm³/mol. The minimum Gasteiger partial charge on any atom is -0.293 e. The highest BCUT2D eigenvalue weighted by Gasteiger charge is 2.25. The summed E-state index contributed by atoms with van der Waals surface area (Å²) in [6.07, 6.45) is 0. The van der Waals surface area contributed by atoms with Gasteiger partial charge >= 0.3 is 0 Å². The highest BCUT2D eigenvalue weighted by molar-refractivity contribution is 9.10. The maximum atomic E-state index is 11.9. The fourth-order valence-corrected chi connectivity index (χ4v) is 3.11. The van der Waals surface area contributed by atoms with Crippen molar-refractivity contribution in [2.75, 3.05) is 5.75 Å². The van der Waals surface area contributed by atoms with Gasteiger partial charge < -0.3 is 0 Å². The van der Waals surface area contributed by atoms with E-state index in [0.29, 0.717) is 0 Å². The Balaban J connectivity index is 2.36. The van der Waals surface area contributed by atoms with Crippen LogP contribution >= 0.6 is 27.7 Å². The largest absolute Gasteiger partial charge is 0.293 e. The van der Waals surface area contributed by atoms with Gasteiger partial charge in [-0.3, -0.25) is 4.79 Å². The Morgan fingerprint density at radius 3 is 3.19 bits per heavy atom. The molecule has 0 spiro atoms. The molecule has 82 valence electrons. The lowest BCUT2D eigenvalue weighted by atomic mass is 10.1. The topological polar surface area (TPSA) is 65.8 Å². The average molecular weight is 298 g/mol. The first-order valence-electron chi connectivity index (χ1n) is 4.67. The number of thioether (sulfide) groups is 1. The van der Waals surface area contributed by atoms with Gasteiger partial charge in [0.2, 0.25) is 0 Å². The lowest BCUT2D eigenvalue weighted by molar-refractivity contribution is 0.0992. The number of halogens is 1. The Labute approximate surface area is 105 Å². The quantitative estimate of drug-likeness (QED) is 0.363. The summed E-state index contributed by atoms with van der Waals surface area (Å²) < 4.78 is 0. The third-order valence-corrected chi connectivity index (χ3v) is 4.63. The first-order chi connectivity index (χ1) is 7.72. The van der Waals surface area contributed by atoms with Crippen molar-refractivity contribution in [3.8, 4) is 0 Å². The SMILES string of the molecule is [N-]=[N+]=NCc1ccc2c(c1)C(=O)C(Br)CS2. The second-order valence-corrected chi connectivity index (χ2v) is 5.53. The summed E-state index contributed by atoms with van der Waals surface area (Å²) in [5.41, 5.74) is 9.83. The van der Waals surface area contributed by atoms with Gasteiger partial charge in [0, 0.05) is 21.1 Å². The molecule has 1 atom stereocenters. The standard InChI is InChI=1S/C10H8BrN3OS/c11-8-5-16-9-2-1-6(4-13-14-12)3-7(9)10(8)15/h1-3,8H,4-5H2. The van der Waals surface area contributed by atoms with E-state index in [9.17, 15) is 4.79 Å². The van der Waals surface area contributed by atoms with E-state index in [1.807, 2.05) is 18.2 Å². The fraction of sp³-hybridized carbons (Fsp3) is 0.300. The lowest BCUT2D eigenvalue weighted by Gasteiger charge is -2.18. The van der Waals surface area contributed by atoms with E-state index in [2.05, 4.69) is 26.0 Å². The van der Waals surface area contributed by atoms with Crippen LogP contribution in [0.2, 0.25) is 0 Å². The number of fused-ring (bicyclic) bond motifs is 1. The average Bonchev–Trinajstić information content (AvgIpc) is 2.31. The van der Waals surface area contributed by atoms with Crippen molar-refractivity contribution in [2.45, 2.75) is 16.3 Å². The second-order valence-electron chi connectivity index (χ2n) is 3.36. The number of carbonyl (C=O) groups excluding carboxylic acids is 1. The van der Waals surface area contributed by atoms with Crippen molar-refractivity contribution in [3.05, 3.63) is 39.8 Å². The third kappa shape index (κ3) is 2.24. The Kier molecular flexibility index (Phi) is 3.53. The number of ketones is 1. The highest BCUT2D eigenvalue weighted by atomic mass is 79.9. The van der Waals surface area contributed by atoms with Crippen LogP contribution in [0.15, 0.2) is 28.2 Å². The number of Topliss-reactive ketones (excluding diaryl/α,β-unsaturated/α-hetero) is 1. The Bertz CT molecular complexity index is 485. The van der Waals surface area contributed by atoms with Crippen molar-refractivity contribution >= 4 is 33.5 Å². The Hall–Kier alpha value is -0.970. The summed E-state index contributed by atoms with van der Waals surface area (Å²) in [5, 5.41) is 3.49. The van der Waals surface area contributed by atoms with Gasteiger partial charge in [0.25, 0.3) is 0 Å². The summed E-state index contributed by atoms with van der Waals surface area (Å²) in [6.45, 7) is 0.286. The number of nitrogens with zero attached hydrogens (tertiary/aromatic N) is 3. The number of azide groups is 1. The molecule has 0 fully saturated rings. The smallest absolute Gasteiger partial charge is 0.178 e. The van der Waals surface area contributed by atoms with Crippen LogP contribution in [0.3, 0.4) is 0 Å². The van der Waals surface area contributed by atoms with Crippen LogP contribution in [-0.4, -0.2) is 16.4 Å². The molecule has 1 heterocycles. The van der Waals surface area contributed by atoms with Crippen LogP contribution in [-0.2, 0) is 6.54 Å². The molecule has 16 heavy (non-hydrogen) atoms. The van der Waals surface area contributed by atoms with E-state index in [1.54, 1.807) is 11.8 Å². The second kappa shape index (κ2) is 4.91. The van der Waals surface area contributed by atoms with E-state index in [0.717, 1.165) is 21.8 Å². The molecule has 1 aliphatic rings. The zero-order valence-electron chi connectivity index (χ0n) is 8.26. The minimum atomic E-state index is -0.111. The predicted octanol–water partition coefficient (Wildman–Crippen LogP) is 3.55. The fourth-order valence-electron chi connectivity index (χ4n) is 1.51. The molecule has 0 aromatic heterocycles. The molecule has 0 radical (unpaired) electrons. The molecule has 0 amide bonds. The first kappa shape index (κ1) is 11.5. The number of rotatable bonds is 2. The van der Waals surface area contributed by atoms with Crippen LogP contribution < -0.4 is 0 Å². The summed E-state index contributed by atoms with van der Waals surface area (Å²) in [5.74, 6) is 0.873. The van der Waals surface area contributed by atoms with E-state index < -0.39 is 0 Å². The van der Waals surface area contributed by atoms with Crippen molar-refractivity contribution in [1.29, 1.82) is 0 Å². The molecule has 1 aliphatic heterocycles. The van der Waals surface area contributed by atoms with Crippen LogP contribution in [0.5, 0.6) is 0 Å². The number of hydrogen-bond donors (Lipinski definition) is 0. The van der Waals surface area contributed by atoms with E-state index in [1.165, 1.54) is 0 Å². The molecule has 6 heteroatoms. The highest BCUT2D eigenvalue weighted by Crippen LogP contribution is 2.33. The normalized spacial score (nSPS) is 18.8. The maximum Gasteiger partial charge on any atom is 0.178 e. The molecule has 0 saturated heterocycles. The third-order valence-electron chi connectivity index (χ3n) is 2.30. The molecule has 1 aromatic rings. The van der Waals surface area contributed by atoms with Crippen LogP contribution in [0.1, 0.15) is 15.9 Å². The molecule has 0 bridgehead atoms. The molecular weight excluding hydrogens is 290 g/mol. The van der Waals surface area contributed by atoms with Crippen LogP contribution in [0.4, 0.5) is 0 Å². The molecule has 2 rings (SSSR count). The van der Waals surface area contributed by atoms with E-state index in [4.69, 9.17) is 5.53 Å². The van der Waals surface area contributed by atoms with Gasteiger partial charge in [-0.1, -0.05) is 27.1 Å². The molecular formula is C10H8BrN3OS.